The molecule has 1 fully saturated rings. The Morgan fingerprint density at radius 2 is 2.08 bits per heavy atom. The van der Waals surface area contributed by atoms with E-state index in [1.165, 1.54) is 0 Å². The molecule has 1 aromatic rings. The van der Waals surface area contributed by atoms with Crippen molar-refractivity contribution in [3.05, 3.63) is 16.6 Å². The van der Waals surface area contributed by atoms with Gasteiger partial charge in [-0.2, -0.15) is 0 Å². The van der Waals surface area contributed by atoms with E-state index >= 15 is 0 Å². The molecule has 0 bridgehead atoms. The summed E-state index contributed by atoms with van der Waals surface area (Å²) in [5, 5.41) is 0. The van der Waals surface area contributed by atoms with Gasteiger partial charge in [-0.05, 0) is 55.6 Å². The maximum absolute atomic E-state index is 12.6. The second-order valence-corrected chi connectivity index (χ2v) is 15.5. The van der Waals surface area contributed by atoms with Crippen LogP contribution < -0.4 is 0 Å². The zero-order valence-electron chi connectivity index (χ0n) is 16.8. The van der Waals surface area contributed by atoms with Crippen LogP contribution in [0.2, 0.25) is 25.7 Å². The first kappa shape index (κ1) is 21.4. The van der Waals surface area contributed by atoms with Gasteiger partial charge in [-0.15, -0.1) is 0 Å². The minimum atomic E-state index is -1.11. The fourth-order valence-corrected chi connectivity index (χ4v) is 4.07. The van der Waals surface area contributed by atoms with E-state index < -0.39 is 13.7 Å². The van der Waals surface area contributed by atoms with Crippen LogP contribution in [0.25, 0.3) is 0 Å². The molecule has 6 nitrogen and oxygen atoms in total. The van der Waals surface area contributed by atoms with E-state index in [1.54, 1.807) is 4.90 Å². The van der Waals surface area contributed by atoms with E-state index in [4.69, 9.17) is 9.47 Å². The number of hydrogen-bond donors (Lipinski definition) is 0. The molecule has 1 aliphatic rings. The number of halogens is 1. The lowest BCUT2D eigenvalue weighted by molar-refractivity contribution is 0.0204. The molecule has 0 radical (unpaired) electrons. The number of aromatic nitrogens is 2. The Morgan fingerprint density at radius 3 is 2.69 bits per heavy atom. The fourth-order valence-electron chi connectivity index (χ4n) is 2.88. The predicted molar refractivity (Wildman–Crippen MR) is 109 cm³/mol. The van der Waals surface area contributed by atoms with Gasteiger partial charge in [-0.3, -0.25) is 4.90 Å². The summed E-state index contributed by atoms with van der Waals surface area (Å²) in [6.07, 6.45) is 3.49. The Hall–Kier alpha value is -0.863. The van der Waals surface area contributed by atoms with Gasteiger partial charge in [0, 0.05) is 27.4 Å². The highest BCUT2D eigenvalue weighted by molar-refractivity contribution is 9.10. The SMILES string of the molecule is CC(C)(C)OC(=O)N1CCC[C@@H]1c1nc(Br)cn1COCC[Si](C)(C)C. The van der Waals surface area contributed by atoms with Crippen LogP contribution in [-0.4, -0.2) is 47.4 Å². The highest BCUT2D eigenvalue weighted by atomic mass is 79.9. The van der Waals surface area contributed by atoms with Crippen LogP contribution in [0, 0.1) is 0 Å². The topological polar surface area (TPSA) is 56.6 Å². The number of amides is 1. The Bertz CT molecular complexity index is 622. The summed E-state index contributed by atoms with van der Waals surface area (Å²) < 4.78 is 14.2. The second-order valence-electron chi connectivity index (χ2n) is 9.07. The van der Waals surface area contributed by atoms with Gasteiger partial charge in [0.1, 0.15) is 22.8 Å². The summed E-state index contributed by atoms with van der Waals surface area (Å²) in [4.78, 5) is 19.0. The fraction of sp³-hybridized carbons (Fsp3) is 0.778. The van der Waals surface area contributed by atoms with Crippen molar-refractivity contribution in [2.45, 2.75) is 77.7 Å². The molecule has 1 atom stereocenters. The quantitative estimate of drug-likeness (QED) is 0.454. The normalized spacial score (nSPS) is 18.4. The maximum atomic E-state index is 12.6. The first-order valence-corrected chi connectivity index (χ1v) is 13.8. The van der Waals surface area contributed by atoms with Gasteiger partial charge in [0.2, 0.25) is 0 Å². The summed E-state index contributed by atoms with van der Waals surface area (Å²) in [5.74, 6) is 0.855. The molecule has 8 heteroatoms. The molecule has 2 rings (SSSR count). The van der Waals surface area contributed by atoms with Crippen LogP contribution in [0.1, 0.15) is 45.5 Å². The molecular formula is C18H32BrN3O3Si. The van der Waals surface area contributed by atoms with E-state index in [-0.39, 0.29) is 12.1 Å². The number of ether oxygens (including phenoxy) is 2. The molecule has 26 heavy (non-hydrogen) atoms. The first-order chi connectivity index (χ1) is 12.0. The van der Waals surface area contributed by atoms with Crippen molar-refractivity contribution in [2.75, 3.05) is 13.2 Å². The average molecular weight is 446 g/mol. The predicted octanol–water partition coefficient (Wildman–Crippen LogP) is 5.03. The number of carbonyl (C=O) groups excluding carboxylic acids is 1. The van der Waals surface area contributed by atoms with Gasteiger partial charge in [0.15, 0.2) is 0 Å². The molecule has 1 aromatic heterocycles. The van der Waals surface area contributed by atoms with Crippen molar-refractivity contribution in [1.82, 2.24) is 14.5 Å². The lowest BCUT2D eigenvalue weighted by Crippen LogP contribution is -2.37. The second kappa shape index (κ2) is 8.44. The van der Waals surface area contributed by atoms with Crippen molar-refractivity contribution >= 4 is 30.1 Å². The van der Waals surface area contributed by atoms with E-state index in [2.05, 4.69) is 40.6 Å². The molecule has 1 amide bonds. The third kappa shape index (κ3) is 6.39. The summed E-state index contributed by atoms with van der Waals surface area (Å²) >= 11 is 3.46. The van der Waals surface area contributed by atoms with Crippen LogP contribution in [0.3, 0.4) is 0 Å². The van der Waals surface area contributed by atoms with E-state index in [0.29, 0.717) is 13.3 Å². The van der Waals surface area contributed by atoms with Gasteiger partial charge in [0.25, 0.3) is 0 Å². The van der Waals surface area contributed by atoms with Crippen molar-refractivity contribution in [1.29, 1.82) is 0 Å². The summed E-state index contributed by atoms with van der Waals surface area (Å²) in [6, 6.07) is 1.06. The molecule has 0 N–H and O–H groups in total. The molecule has 0 aromatic carbocycles. The number of carbonyl (C=O) groups is 1. The molecule has 0 unspecified atom stereocenters. The average Bonchev–Trinajstić information content (AvgIpc) is 3.06. The number of hydrogen-bond acceptors (Lipinski definition) is 4. The third-order valence-corrected chi connectivity index (χ3v) is 6.27. The van der Waals surface area contributed by atoms with E-state index in [1.807, 2.05) is 31.5 Å². The van der Waals surface area contributed by atoms with Crippen molar-refractivity contribution in [3.63, 3.8) is 0 Å². The highest BCUT2D eigenvalue weighted by Crippen LogP contribution is 2.33. The van der Waals surface area contributed by atoms with Gasteiger partial charge in [0.05, 0.1) is 6.04 Å². The summed E-state index contributed by atoms with van der Waals surface area (Å²) in [7, 11) is -1.11. The minimum Gasteiger partial charge on any atom is -0.444 e. The van der Waals surface area contributed by atoms with Gasteiger partial charge in [-0.25, -0.2) is 9.78 Å². The van der Waals surface area contributed by atoms with Crippen LogP contribution in [-0.2, 0) is 16.2 Å². The van der Waals surface area contributed by atoms with Gasteiger partial charge in [-0.1, -0.05) is 19.6 Å². The number of nitrogens with zero attached hydrogens (tertiary/aromatic N) is 3. The lowest BCUT2D eigenvalue weighted by atomic mass is 10.2. The molecular weight excluding hydrogens is 414 g/mol. The molecule has 1 aliphatic heterocycles. The molecule has 0 spiro atoms. The van der Waals surface area contributed by atoms with Gasteiger partial charge >= 0.3 is 6.09 Å². The zero-order chi connectivity index (χ0) is 19.5. The van der Waals surface area contributed by atoms with Crippen LogP contribution in [0.4, 0.5) is 4.79 Å². The Morgan fingerprint density at radius 1 is 1.38 bits per heavy atom. The maximum Gasteiger partial charge on any atom is 0.410 e. The lowest BCUT2D eigenvalue weighted by Gasteiger charge is -2.28. The Labute approximate surface area is 166 Å². The van der Waals surface area contributed by atoms with Crippen LogP contribution in [0.5, 0.6) is 0 Å². The smallest absolute Gasteiger partial charge is 0.410 e. The molecule has 0 aliphatic carbocycles. The van der Waals surface area contributed by atoms with E-state index in [0.717, 1.165) is 35.9 Å². The Kier molecular flexibility index (Phi) is 6.96. The monoisotopic (exact) mass is 445 g/mol. The number of imidazole rings is 1. The largest absolute Gasteiger partial charge is 0.444 e. The summed E-state index contributed by atoms with van der Waals surface area (Å²) in [5.41, 5.74) is -0.500. The van der Waals surface area contributed by atoms with Crippen LogP contribution in [0.15, 0.2) is 10.8 Å². The summed E-state index contributed by atoms with van der Waals surface area (Å²) in [6.45, 7) is 14.6. The molecule has 2 heterocycles. The van der Waals surface area contributed by atoms with E-state index in [9.17, 15) is 4.79 Å². The van der Waals surface area contributed by atoms with Crippen molar-refractivity contribution in [2.24, 2.45) is 0 Å². The van der Waals surface area contributed by atoms with Crippen molar-refractivity contribution in [3.8, 4) is 0 Å². The molecule has 148 valence electrons. The Balaban J connectivity index is 2.06. The molecule has 1 saturated heterocycles. The zero-order valence-corrected chi connectivity index (χ0v) is 19.4. The van der Waals surface area contributed by atoms with Gasteiger partial charge < -0.3 is 14.0 Å². The number of likely N-dealkylation sites (tertiary alicyclic amines) is 1. The first-order valence-electron chi connectivity index (χ1n) is 9.26. The molecule has 0 saturated carbocycles. The van der Waals surface area contributed by atoms with Crippen molar-refractivity contribution < 1.29 is 14.3 Å². The number of rotatable bonds is 6. The van der Waals surface area contributed by atoms with Crippen LogP contribution >= 0.6 is 15.9 Å². The third-order valence-electron chi connectivity index (χ3n) is 4.18. The highest BCUT2D eigenvalue weighted by Gasteiger charge is 2.35. The standard InChI is InChI=1S/C18H32BrN3O3Si/c1-18(2,3)25-17(23)22-9-7-8-14(22)16-20-15(19)12-21(16)13-24-10-11-26(4,5)6/h12,14H,7-11,13H2,1-6H3/t14-/m1/s1. The minimum absolute atomic E-state index is 0.0725.